The molecule has 0 amide bonds. The Balaban J connectivity index is 2.03. The van der Waals surface area contributed by atoms with Crippen LogP contribution in [0.5, 0.6) is 5.75 Å². The number of phenols is 1. The molecule has 1 N–H and O–H groups in total. The van der Waals surface area contributed by atoms with Crippen LogP contribution in [0.1, 0.15) is 18.2 Å². The summed E-state index contributed by atoms with van der Waals surface area (Å²) in [7, 11) is 0. The van der Waals surface area contributed by atoms with E-state index in [0.29, 0.717) is 12.3 Å². The van der Waals surface area contributed by atoms with E-state index >= 15 is 0 Å². The molecular weight excluding hydrogens is 346 g/mol. The number of hydrogen-bond donors (Lipinski definition) is 1. The van der Waals surface area contributed by atoms with Crippen LogP contribution in [-0.2, 0) is 6.54 Å². The molecule has 0 fully saturated rings. The number of aromatic hydroxyl groups is 1. The zero-order chi connectivity index (χ0) is 15.7. The predicted molar refractivity (Wildman–Crippen MR) is 88.0 cm³/mol. The van der Waals surface area contributed by atoms with Crippen LogP contribution in [0.2, 0.25) is 0 Å². The highest BCUT2D eigenvalue weighted by atomic mass is 79.9. The van der Waals surface area contributed by atoms with Gasteiger partial charge in [-0.25, -0.2) is 4.98 Å². The molecule has 0 radical (unpaired) electrons. The van der Waals surface area contributed by atoms with E-state index in [0.717, 1.165) is 28.1 Å². The van der Waals surface area contributed by atoms with Crippen molar-refractivity contribution in [3.05, 3.63) is 46.3 Å². The van der Waals surface area contributed by atoms with Crippen molar-refractivity contribution in [1.29, 1.82) is 0 Å². The summed E-state index contributed by atoms with van der Waals surface area (Å²) >= 11 is 3.44. The third kappa shape index (κ3) is 2.76. The Kier molecular flexibility index (Phi) is 3.98. The number of nitrogens with zero attached hydrogens (tertiary/aromatic N) is 5. The van der Waals surface area contributed by atoms with Crippen molar-refractivity contribution >= 4 is 27.5 Å². The number of anilines is 1. The molecule has 0 saturated heterocycles. The minimum Gasteiger partial charge on any atom is -0.508 e. The number of rotatable bonds is 4. The van der Waals surface area contributed by atoms with Crippen LogP contribution >= 0.6 is 15.9 Å². The number of benzene rings is 1. The van der Waals surface area contributed by atoms with Gasteiger partial charge in [0.05, 0.1) is 0 Å². The first-order valence-corrected chi connectivity index (χ1v) is 7.77. The number of aryl methyl sites for hydroxylation is 1. The molecule has 7 heteroatoms. The Hall–Kier alpha value is -2.15. The smallest absolute Gasteiger partial charge is 0.254 e. The average Bonchev–Trinajstić information content (AvgIpc) is 2.95. The molecule has 0 aliphatic heterocycles. The molecule has 0 bridgehead atoms. The van der Waals surface area contributed by atoms with Gasteiger partial charge in [0.2, 0.25) is 0 Å². The van der Waals surface area contributed by atoms with Crippen LogP contribution in [0, 0.1) is 6.92 Å². The van der Waals surface area contributed by atoms with E-state index in [1.807, 2.05) is 25.1 Å². The van der Waals surface area contributed by atoms with Crippen molar-refractivity contribution in [3.63, 3.8) is 0 Å². The van der Waals surface area contributed by atoms with Gasteiger partial charge in [0.15, 0.2) is 0 Å². The maximum Gasteiger partial charge on any atom is 0.254 e. The van der Waals surface area contributed by atoms with Gasteiger partial charge < -0.3 is 10.0 Å². The first-order valence-electron chi connectivity index (χ1n) is 6.98. The van der Waals surface area contributed by atoms with E-state index < -0.39 is 0 Å². The molecule has 2 heterocycles. The number of fused-ring (bicyclic) bond motifs is 1. The molecule has 0 spiro atoms. The summed E-state index contributed by atoms with van der Waals surface area (Å²) in [5.74, 6) is 1.76. The van der Waals surface area contributed by atoms with E-state index in [4.69, 9.17) is 0 Å². The van der Waals surface area contributed by atoms with Gasteiger partial charge in [-0.2, -0.15) is 14.6 Å². The predicted octanol–water partition coefficient (Wildman–Crippen LogP) is 2.93. The standard InChI is InChI=1S/C15H16BrN5O/c1-3-20(8-11-7-12(16)4-5-13(11)22)14-6-10(2)19-15-17-9-18-21(14)15/h4-7,9,22H,3,8H2,1-2H3. The fourth-order valence-electron chi connectivity index (χ4n) is 2.38. The Labute approximate surface area is 136 Å². The topological polar surface area (TPSA) is 66.5 Å². The monoisotopic (exact) mass is 361 g/mol. The van der Waals surface area contributed by atoms with Gasteiger partial charge in [-0.3, -0.25) is 0 Å². The maximum absolute atomic E-state index is 10.1. The van der Waals surface area contributed by atoms with Crippen molar-refractivity contribution < 1.29 is 5.11 Å². The van der Waals surface area contributed by atoms with E-state index in [2.05, 4.69) is 42.8 Å². The lowest BCUT2D eigenvalue weighted by molar-refractivity contribution is 0.467. The van der Waals surface area contributed by atoms with Crippen molar-refractivity contribution in [2.45, 2.75) is 20.4 Å². The zero-order valence-corrected chi connectivity index (χ0v) is 13.9. The van der Waals surface area contributed by atoms with E-state index in [1.165, 1.54) is 6.33 Å². The molecular formula is C15H16BrN5O. The third-order valence-corrected chi connectivity index (χ3v) is 3.96. The summed E-state index contributed by atoms with van der Waals surface area (Å²) in [6, 6.07) is 7.40. The molecule has 1 aromatic carbocycles. The molecule has 0 saturated carbocycles. The number of halogens is 1. The van der Waals surface area contributed by atoms with Crippen LogP contribution in [0.4, 0.5) is 5.82 Å². The lowest BCUT2D eigenvalue weighted by Gasteiger charge is -2.24. The fraction of sp³-hybridized carbons (Fsp3) is 0.267. The van der Waals surface area contributed by atoms with Crippen molar-refractivity contribution in [1.82, 2.24) is 19.6 Å². The molecule has 0 unspecified atom stereocenters. The van der Waals surface area contributed by atoms with Gasteiger partial charge in [0, 0.05) is 34.9 Å². The summed E-state index contributed by atoms with van der Waals surface area (Å²) in [4.78, 5) is 10.6. The van der Waals surface area contributed by atoms with Gasteiger partial charge in [-0.05, 0) is 32.0 Å². The average molecular weight is 362 g/mol. The number of hydrogen-bond acceptors (Lipinski definition) is 5. The van der Waals surface area contributed by atoms with Gasteiger partial charge in [0.1, 0.15) is 17.9 Å². The van der Waals surface area contributed by atoms with Crippen LogP contribution in [0.3, 0.4) is 0 Å². The van der Waals surface area contributed by atoms with E-state index in [-0.39, 0.29) is 5.75 Å². The minimum absolute atomic E-state index is 0.280. The summed E-state index contributed by atoms with van der Waals surface area (Å²) < 4.78 is 2.65. The van der Waals surface area contributed by atoms with Crippen molar-refractivity contribution in [3.8, 4) is 5.75 Å². The molecule has 22 heavy (non-hydrogen) atoms. The second-order valence-corrected chi connectivity index (χ2v) is 5.93. The Bertz CT molecular complexity index is 817. The Morgan fingerprint density at radius 2 is 2.14 bits per heavy atom. The van der Waals surface area contributed by atoms with Gasteiger partial charge in [-0.1, -0.05) is 15.9 Å². The van der Waals surface area contributed by atoms with E-state index in [9.17, 15) is 5.11 Å². The minimum atomic E-state index is 0.280. The number of aromatic nitrogens is 4. The third-order valence-electron chi connectivity index (χ3n) is 3.47. The highest BCUT2D eigenvalue weighted by molar-refractivity contribution is 9.10. The molecule has 0 atom stereocenters. The molecule has 3 rings (SSSR count). The summed E-state index contributed by atoms with van der Waals surface area (Å²) in [5, 5.41) is 14.3. The fourth-order valence-corrected chi connectivity index (χ4v) is 2.79. The highest BCUT2D eigenvalue weighted by Gasteiger charge is 2.14. The van der Waals surface area contributed by atoms with Crippen molar-refractivity contribution in [2.24, 2.45) is 0 Å². The second kappa shape index (κ2) is 5.92. The van der Waals surface area contributed by atoms with Gasteiger partial charge in [-0.15, -0.1) is 0 Å². The van der Waals surface area contributed by atoms with Gasteiger partial charge >= 0.3 is 0 Å². The largest absolute Gasteiger partial charge is 0.508 e. The first-order chi connectivity index (χ1) is 10.6. The molecule has 0 aliphatic carbocycles. The van der Waals surface area contributed by atoms with Crippen LogP contribution in [-0.4, -0.2) is 31.2 Å². The normalized spacial score (nSPS) is 11.0. The first kappa shape index (κ1) is 14.8. The van der Waals surface area contributed by atoms with Crippen LogP contribution in [0.25, 0.3) is 5.78 Å². The quantitative estimate of drug-likeness (QED) is 0.773. The molecule has 0 aliphatic rings. The molecule has 3 aromatic rings. The van der Waals surface area contributed by atoms with Crippen LogP contribution < -0.4 is 4.90 Å². The zero-order valence-electron chi connectivity index (χ0n) is 12.4. The van der Waals surface area contributed by atoms with E-state index in [1.54, 1.807) is 10.6 Å². The molecule has 2 aromatic heterocycles. The summed E-state index contributed by atoms with van der Waals surface area (Å²) in [5.41, 5.74) is 1.73. The Morgan fingerprint density at radius 1 is 1.32 bits per heavy atom. The summed E-state index contributed by atoms with van der Waals surface area (Å²) in [6.45, 7) is 5.33. The molecule has 6 nitrogen and oxygen atoms in total. The van der Waals surface area contributed by atoms with Crippen molar-refractivity contribution in [2.75, 3.05) is 11.4 Å². The Morgan fingerprint density at radius 3 is 2.91 bits per heavy atom. The van der Waals surface area contributed by atoms with Gasteiger partial charge in [0.25, 0.3) is 5.78 Å². The molecule has 114 valence electrons. The lowest BCUT2D eigenvalue weighted by Crippen LogP contribution is -2.25. The lowest BCUT2D eigenvalue weighted by atomic mass is 10.2. The second-order valence-electron chi connectivity index (χ2n) is 5.01. The summed E-state index contributed by atoms with van der Waals surface area (Å²) in [6.07, 6.45) is 1.50. The maximum atomic E-state index is 10.1. The highest BCUT2D eigenvalue weighted by Crippen LogP contribution is 2.25. The number of phenolic OH excluding ortho intramolecular Hbond substituents is 1. The SMILES string of the molecule is CCN(Cc1cc(Br)ccc1O)c1cc(C)nc2ncnn12. The van der Waals surface area contributed by atoms with Crippen LogP contribution in [0.15, 0.2) is 35.1 Å².